The van der Waals surface area contributed by atoms with E-state index in [0.717, 1.165) is 28.0 Å². The lowest BCUT2D eigenvalue weighted by Crippen LogP contribution is -1.99. The number of nitrogens with zero attached hydrogens (tertiary/aromatic N) is 3. The summed E-state index contributed by atoms with van der Waals surface area (Å²) in [5, 5.41) is 7.60. The lowest BCUT2D eigenvalue weighted by atomic mass is 10.1. The second-order valence-corrected chi connectivity index (χ2v) is 4.27. The van der Waals surface area contributed by atoms with E-state index >= 15 is 0 Å². The van der Waals surface area contributed by atoms with E-state index in [4.69, 9.17) is 10.5 Å². The number of fused-ring (bicyclic) bond motifs is 1. The van der Waals surface area contributed by atoms with Gasteiger partial charge in [0.1, 0.15) is 5.75 Å². The molecule has 0 atom stereocenters. The van der Waals surface area contributed by atoms with Crippen molar-refractivity contribution in [2.24, 2.45) is 0 Å². The predicted octanol–water partition coefficient (Wildman–Crippen LogP) is 1.92. The molecule has 3 aromatic rings. The largest absolute Gasteiger partial charge is 0.496 e. The molecule has 0 spiro atoms. The molecule has 0 aliphatic heterocycles. The Morgan fingerprint density at radius 1 is 1.26 bits per heavy atom. The fourth-order valence-electron chi connectivity index (χ4n) is 2.06. The number of aromatic nitrogens is 4. The van der Waals surface area contributed by atoms with E-state index in [1.807, 2.05) is 25.1 Å². The third-order valence-corrected chi connectivity index (χ3v) is 2.94. The van der Waals surface area contributed by atoms with Crippen molar-refractivity contribution in [1.29, 1.82) is 0 Å². The van der Waals surface area contributed by atoms with Gasteiger partial charge in [0.05, 0.1) is 24.4 Å². The number of benzene rings is 1. The Labute approximate surface area is 109 Å². The fourth-order valence-corrected chi connectivity index (χ4v) is 2.06. The van der Waals surface area contributed by atoms with Crippen molar-refractivity contribution >= 4 is 17.0 Å². The van der Waals surface area contributed by atoms with E-state index in [1.54, 1.807) is 13.3 Å². The number of methoxy groups -OCH3 is 1. The monoisotopic (exact) mass is 255 g/mol. The molecule has 19 heavy (non-hydrogen) atoms. The molecule has 3 rings (SSSR count). The Hall–Kier alpha value is -2.63. The number of nitrogens with two attached hydrogens (primary N) is 1. The van der Waals surface area contributed by atoms with Crippen LogP contribution in [0.3, 0.4) is 0 Å². The van der Waals surface area contributed by atoms with Crippen LogP contribution in [0.2, 0.25) is 0 Å². The highest BCUT2D eigenvalue weighted by atomic mass is 16.5. The smallest absolute Gasteiger partial charge is 0.222 e. The Morgan fingerprint density at radius 2 is 2.11 bits per heavy atom. The number of aromatic amines is 1. The first-order valence-electron chi connectivity index (χ1n) is 5.80. The molecular formula is C13H13N5O. The van der Waals surface area contributed by atoms with Crippen LogP contribution in [0.4, 0.5) is 5.95 Å². The summed E-state index contributed by atoms with van der Waals surface area (Å²) in [5.74, 6) is 0.946. The van der Waals surface area contributed by atoms with Gasteiger partial charge < -0.3 is 10.5 Å². The van der Waals surface area contributed by atoms with E-state index in [1.165, 1.54) is 0 Å². The maximum absolute atomic E-state index is 5.74. The van der Waals surface area contributed by atoms with Crippen LogP contribution in [0.1, 0.15) is 5.56 Å². The molecule has 0 aliphatic rings. The van der Waals surface area contributed by atoms with Crippen molar-refractivity contribution in [3.63, 3.8) is 0 Å². The minimum absolute atomic E-state index is 0.204. The number of hydrogen-bond donors (Lipinski definition) is 2. The molecular weight excluding hydrogens is 242 g/mol. The number of H-pyrrole nitrogens is 1. The number of ether oxygens (including phenoxy) is 1. The van der Waals surface area contributed by atoms with Crippen molar-refractivity contribution in [1.82, 2.24) is 20.2 Å². The quantitative estimate of drug-likeness (QED) is 0.730. The molecule has 0 bridgehead atoms. The number of rotatable bonds is 2. The number of anilines is 1. The molecule has 2 heterocycles. The summed E-state index contributed by atoms with van der Waals surface area (Å²) in [5.41, 5.74) is 9.07. The van der Waals surface area contributed by atoms with E-state index in [0.29, 0.717) is 5.65 Å². The lowest BCUT2D eigenvalue weighted by molar-refractivity contribution is 0.416. The van der Waals surface area contributed by atoms with Gasteiger partial charge in [0.25, 0.3) is 0 Å². The minimum atomic E-state index is 0.204. The van der Waals surface area contributed by atoms with Crippen LogP contribution in [0.15, 0.2) is 24.4 Å². The highest BCUT2D eigenvalue weighted by molar-refractivity contribution is 5.92. The zero-order valence-corrected chi connectivity index (χ0v) is 10.6. The third-order valence-electron chi connectivity index (χ3n) is 2.94. The molecule has 2 aromatic heterocycles. The lowest BCUT2D eigenvalue weighted by Gasteiger charge is -2.10. The Morgan fingerprint density at radius 3 is 2.89 bits per heavy atom. The third kappa shape index (κ3) is 1.87. The van der Waals surface area contributed by atoms with Gasteiger partial charge in [-0.15, -0.1) is 0 Å². The number of nitrogen functional groups attached to an aromatic ring is 1. The molecule has 0 amide bonds. The molecule has 3 N–H and O–H groups in total. The highest BCUT2D eigenvalue weighted by Crippen LogP contribution is 2.33. The summed E-state index contributed by atoms with van der Waals surface area (Å²) < 4.78 is 5.39. The standard InChI is InChI=1S/C13H13N5O/c1-7-3-4-10(19-2)8(5-7)11-9-6-15-18-12(9)17-13(14)16-11/h3-6H,1-2H3,(H3,14,15,16,17,18). The molecule has 6 nitrogen and oxygen atoms in total. The van der Waals surface area contributed by atoms with Crippen LogP contribution in [-0.4, -0.2) is 27.3 Å². The maximum Gasteiger partial charge on any atom is 0.222 e. The second kappa shape index (κ2) is 4.24. The number of aryl methyl sites for hydroxylation is 1. The molecule has 0 unspecified atom stereocenters. The van der Waals surface area contributed by atoms with Gasteiger partial charge in [-0.05, 0) is 19.1 Å². The van der Waals surface area contributed by atoms with Gasteiger partial charge in [0, 0.05) is 5.56 Å². The summed E-state index contributed by atoms with van der Waals surface area (Å²) >= 11 is 0. The summed E-state index contributed by atoms with van der Waals surface area (Å²) in [6.07, 6.45) is 1.69. The summed E-state index contributed by atoms with van der Waals surface area (Å²) in [6.45, 7) is 2.01. The second-order valence-electron chi connectivity index (χ2n) is 4.27. The van der Waals surface area contributed by atoms with Gasteiger partial charge >= 0.3 is 0 Å². The van der Waals surface area contributed by atoms with Gasteiger partial charge in [-0.3, -0.25) is 5.10 Å². The van der Waals surface area contributed by atoms with Crippen LogP contribution < -0.4 is 10.5 Å². The van der Waals surface area contributed by atoms with E-state index < -0.39 is 0 Å². The van der Waals surface area contributed by atoms with Crippen LogP contribution in [0, 0.1) is 6.92 Å². The minimum Gasteiger partial charge on any atom is -0.496 e. The van der Waals surface area contributed by atoms with Gasteiger partial charge in [-0.1, -0.05) is 11.6 Å². The Bertz CT molecular complexity index is 750. The van der Waals surface area contributed by atoms with Crippen LogP contribution >= 0.6 is 0 Å². The first-order valence-corrected chi connectivity index (χ1v) is 5.80. The van der Waals surface area contributed by atoms with Crippen LogP contribution in [0.5, 0.6) is 5.75 Å². The predicted molar refractivity (Wildman–Crippen MR) is 72.8 cm³/mol. The maximum atomic E-state index is 5.74. The first-order chi connectivity index (χ1) is 9.19. The molecule has 0 aliphatic carbocycles. The number of nitrogens with one attached hydrogen (secondary N) is 1. The van der Waals surface area contributed by atoms with Gasteiger partial charge in [0.2, 0.25) is 5.95 Å². The normalized spacial score (nSPS) is 10.8. The van der Waals surface area contributed by atoms with Crippen molar-refractivity contribution in [3.8, 4) is 17.0 Å². The van der Waals surface area contributed by atoms with Crippen LogP contribution in [-0.2, 0) is 0 Å². The van der Waals surface area contributed by atoms with Crippen molar-refractivity contribution in [2.45, 2.75) is 6.92 Å². The molecule has 0 saturated carbocycles. The average molecular weight is 255 g/mol. The van der Waals surface area contributed by atoms with Gasteiger partial charge in [-0.25, -0.2) is 4.98 Å². The van der Waals surface area contributed by atoms with E-state index in [2.05, 4.69) is 20.2 Å². The summed E-state index contributed by atoms with van der Waals surface area (Å²) in [4.78, 5) is 8.43. The SMILES string of the molecule is COc1ccc(C)cc1-c1nc(N)nc2[nH]ncc12. The molecule has 0 radical (unpaired) electrons. The topological polar surface area (TPSA) is 89.7 Å². The van der Waals surface area contributed by atoms with Gasteiger partial charge in [0.15, 0.2) is 5.65 Å². The van der Waals surface area contributed by atoms with E-state index in [-0.39, 0.29) is 5.95 Å². The molecule has 96 valence electrons. The summed E-state index contributed by atoms with van der Waals surface area (Å²) in [6, 6.07) is 5.90. The van der Waals surface area contributed by atoms with Gasteiger partial charge in [-0.2, -0.15) is 10.1 Å². The molecule has 1 aromatic carbocycles. The summed E-state index contributed by atoms with van der Waals surface area (Å²) in [7, 11) is 1.63. The van der Waals surface area contributed by atoms with Crippen LogP contribution in [0.25, 0.3) is 22.3 Å². The van der Waals surface area contributed by atoms with Crippen molar-refractivity contribution in [3.05, 3.63) is 30.0 Å². The average Bonchev–Trinajstić information content (AvgIpc) is 2.85. The zero-order valence-electron chi connectivity index (χ0n) is 10.6. The van der Waals surface area contributed by atoms with E-state index in [9.17, 15) is 0 Å². The first kappa shape index (κ1) is 11.5. The Kier molecular flexibility index (Phi) is 2.56. The van der Waals surface area contributed by atoms with Crippen molar-refractivity contribution < 1.29 is 4.74 Å². The molecule has 0 saturated heterocycles. The fraction of sp³-hybridized carbons (Fsp3) is 0.154. The van der Waals surface area contributed by atoms with Crippen molar-refractivity contribution in [2.75, 3.05) is 12.8 Å². The number of hydrogen-bond acceptors (Lipinski definition) is 5. The molecule has 6 heteroatoms. The zero-order chi connectivity index (χ0) is 13.4. The molecule has 0 fully saturated rings. The Balaban J connectivity index is 2.35. The highest BCUT2D eigenvalue weighted by Gasteiger charge is 2.14.